The van der Waals surface area contributed by atoms with Crippen molar-refractivity contribution in [1.82, 2.24) is 0 Å². The summed E-state index contributed by atoms with van der Waals surface area (Å²) in [5.41, 5.74) is 1.16. The third-order valence-electron chi connectivity index (χ3n) is 2.32. The number of benzene rings is 1. The zero-order valence-corrected chi connectivity index (χ0v) is 9.21. The average molecular weight is 233 g/mol. The molecule has 0 amide bonds. The molecule has 0 spiro atoms. The Morgan fingerprint density at radius 3 is 2.60 bits per heavy atom. The lowest BCUT2D eigenvalue weighted by Gasteiger charge is -2.19. The van der Waals surface area contributed by atoms with Crippen LogP contribution in [0.5, 0.6) is 0 Å². The van der Waals surface area contributed by atoms with E-state index in [1.54, 1.807) is 6.92 Å². The Labute approximate surface area is 93.3 Å². The van der Waals surface area contributed by atoms with Crippen LogP contribution in [0.25, 0.3) is 0 Å². The van der Waals surface area contributed by atoms with Gasteiger partial charge in [-0.2, -0.15) is 0 Å². The number of aliphatic hydroxyl groups is 2. The number of hydrogen-bond donors (Lipinski definition) is 2. The van der Waals surface area contributed by atoms with Gasteiger partial charge in [0, 0.05) is 5.88 Å². The van der Waals surface area contributed by atoms with E-state index in [1.165, 1.54) is 18.2 Å². The summed E-state index contributed by atoms with van der Waals surface area (Å²) in [5, 5.41) is 19.3. The van der Waals surface area contributed by atoms with Gasteiger partial charge in [0.1, 0.15) is 11.9 Å². The molecule has 2 nitrogen and oxygen atoms in total. The molecule has 2 unspecified atom stereocenters. The van der Waals surface area contributed by atoms with E-state index in [-0.39, 0.29) is 11.7 Å². The molecular weight excluding hydrogens is 219 g/mol. The highest BCUT2D eigenvalue weighted by Gasteiger charge is 2.19. The van der Waals surface area contributed by atoms with Crippen LogP contribution in [0.1, 0.15) is 23.7 Å². The van der Waals surface area contributed by atoms with E-state index in [0.717, 1.165) is 0 Å². The number of aryl methyl sites for hydroxylation is 1. The quantitative estimate of drug-likeness (QED) is 0.781. The van der Waals surface area contributed by atoms with E-state index < -0.39 is 12.2 Å². The fourth-order valence-electron chi connectivity index (χ4n) is 1.45. The average Bonchev–Trinajstić information content (AvgIpc) is 2.17. The first kappa shape index (κ1) is 12.4. The second-order valence-electron chi connectivity index (χ2n) is 3.49. The summed E-state index contributed by atoms with van der Waals surface area (Å²) in [5.74, 6) is -0.0753. The standard InChI is InChI=1S/C11H14ClFO2/c1-7-6-8(13)2-3-9(7)11(15)10(14)4-5-12/h2-3,6,10-11,14-15H,4-5H2,1H3. The molecule has 0 aliphatic rings. The highest BCUT2D eigenvalue weighted by molar-refractivity contribution is 6.17. The van der Waals surface area contributed by atoms with Gasteiger partial charge in [-0.25, -0.2) is 4.39 Å². The van der Waals surface area contributed by atoms with Gasteiger partial charge in [-0.05, 0) is 36.6 Å². The van der Waals surface area contributed by atoms with Crippen molar-refractivity contribution in [2.75, 3.05) is 5.88 Å². The summed E-state index contributed by atoms with van der Waals surface area (Å²) in [7, 11) is 0. The molecule has 15 heavy (non-hydrogen) atoms. The lowest BCUT2D eigenvalue weighted by Crippen LogP contribution is -2.19. The van der Waals surface area contributed by atoms with Gasteiger partial charge in [-0.3, -0.25) is 0 Å². The SMILES string of the molecule is Cc1cc(F)ccc1C(O)C(O)CCCl. The highest BCUT2D eigenvalue weighted by atomic mass is 35.5. The predicted molar refractivity (Wildman–Crippen MR) is 57.4 cm³/mol. The van der Waals surface area contributed by atoms with Crippen LogP contribution in [-0.4, -0.2) is 22.2 Å². The fraction of sp³-hybridized carbons (Fsp3) is 0.455. The Bertz CT molecular complexity index is 330. The molecule has 1 rings (SSSR count). The molecule has 0 aliphatic carbocycles. The lowest BCUT2D eigenvalue weighted by atomic mass is 9.98. The first-order valence-electron chi connectivity index (χ1n) is 4.74. The summed E-state index contributed by atoms with van der Waals surface area (Å²) in [4.78, 5) is 0. The molecule has 0 saturated heterocycles. The third-order valence-corrected chi connectivity index (χ3v) is 2.54. The Kier molecular flexibility index (Phi) is 4.51. The van der Waals surface area contributed by atoms with Crippen molar-refractivity contribution in [3.05, 3.63) is 35.1 Å². The van der Waals surface area contributed by atoms with Crippen LogP contribution in [-0.2, 0) is 0 Å². The van der Waals surface area contributed by atoms with Crippen molar-refractivity contribution in [3.8, 4) is 0 Å². The summed E-state index contributed by atoms with van der Waals surface area (Å²) in [6, 6.07) is 4.07. The number of rotatable bonds is 4. The molecule has 2 N–H and O–H groups in total. The van der Waals surface area contributed by atoms with E-state index in [9.17, 15) is 14.6 Å². The van der Waals surface area contributed by atoms with Gasteiger partial charge in [0.15, 0.2) is 0 Å². The minimum atomic E-state index is -1.01. The Hall–Kier alpha value is -0.640. The maximum Gasteiger partial charge on any atom is 0.123 e. The summed E-state index contributed by atoms with van der Waals surface area (Å²) in [6.07, 6.45) is -1.62. The second-order valence-corrected chi connectivity index (χ2v) is 3.87. The highest BCUT2D eigenvalue weighted by Crippen LogP contribution is 2.23. The first-order valence-corrected chi connectivity index (χ1v) is 5.28. The topological polar surface area (TPSA) is 40.5 Å². The lowest BCUT2D eigenvalue weighted by molar-refractivity contribution is 0.0166. The zero-order chi connectivity index (χ0) is 11.4. The van der Waals surface area contributed by atoms with Crippen molar-refractivity contribution in [3.63, 3.8) is 0 Å². The van der Waals surface area contributed by atoms with E-state index >= 15 is 0 Å². The van der Waals surface area contributed by atoms with Crippen LogP contribution in [0.3, 0.4) is 0 Å². The van der Waals surface area contributed by atoms with Gasteiger partial charge in [-0.15, -0.1) is 11.6 Å². The van der Waals surface area contributed by atoms with E-state index in [0.29, 0.717) is 17.5 Å². The molecule has 0 radical (unpaired) electrons. The van der Waals surface area contributed by atoms with Gasteiger partial charge in [0.05, 0.1) is 6.10 Å². The second kappa shape index (κ2) is 5.45. The molecule has 0 bridgehead atoms. The van der Waals surface area contributed by atoms with Crippen LogP contribution < -0.4 is 0 Å². The van der Waals surface area contributed by atoms with Crippen LogP contribution in [0.2, 0.25) is 0 Å². The molecule has 0 heterocycles. The van der Waals surface area contributed by atoms with Crippen LogP contribution in [0.4, 0.5) is 4.39 Å². The van der Waals surface area contributed by atoms with Crippen LogP contribution in [0, 0.1) is 12.7 Å². The molecule has 1 aromatic carbocycles. The Balaban J connectivity index is 2.86. The maximum atomic E-state index is 12.8. The van der Waals surface area contributed by atoms with Gasteiger partial charge >= 0.3 is 0 Å². The zero-order valence-electron chi connectivity index (χ0n) is 8.45. The molecule has 1 aromatic rings. The fourth-order valence-corrected chi connectivity index (χ4v) is 1.67. The molecule has 2 atom stereocenters. The Morgan fingerprint density at radius 1 is 1.40 bits per heavy atom. The molecule has 0 saturated carbocycles. The smallest absolute Gasteiger partial charge is 0.123 e. The monoisotopic (exact) mass is 232 g/mol. The summed E-state index contributed by atoms with van der Waals surface area (Å²) >= 11 is 5.46. The minimum Gasteiger partial charge on any atom is -0.390 e. The number of halogens is 2. The molecule has 84 valence electrons. The number of alkyl halides is 1. The van der Waals surface area contributed by atoms with Gasteiger partial charge in [0.2, 0.25) is 0 Å². The largest absolute Gasteiger partial charge is 0.390 e. The molecular formula is C11H14ClFO2. The molecule has 0 fully saturated rings. The van der Waals surface area contributed by atoms with E-state index in [4.69, 9.17) is 11.6 Å². The Morgan fingerprint density at radius 2 is 2.07 bits per heavy atom. The van der Waals surface area contributed by atoms with Gasteiger partial charge in [0.25, 0.3) is 0 Å². The molecule has 0 aliphatic heterocycles. The van der Waals surface area contributed by atoms with E-state index in [1.807, 2.05) is 0 Å². The molecule has 4 heteroatoms. The minimum absolute atomic E-state index is 0.276. The van der Waals surface area contributed by atoms with E-state index in [2.05, 4.69) is 0 Å². The van der Waals surface area contributed by atoms with Crippen molar-refractivity contribution >= 4 is 11.6 Å². The van der Waals surface area contributed by atoms with Crippen LogP contribution >= 0.6 is 11.6 Å². The first-order chi connectivity index (χ1) is 7.06. The predicted octanol–water partition coefficient (Wildman–Crippen LogP) is 2.16. The molecule has 0 aromatic heterocycles. The summed E-state index contributed by atoms with van der Waals surface area (Å²) in [6.45, 7) is 1.69. The van der Waals surface area contributed by atoms with Crippen molar-refractivity contribution < 1.29 is 14.6 Å². The number of aliphatic hydroxyl groups excluding tert-OH is 2. The van der Waals surface area contributed by atoms with Gasteiger partial charge < -0.3 is 10.2 Å². The summed E-state index contributed by atoms with van der Waals surface area (Å²) < 4.78 is 12.8. The van der Waals surface area contributed by atoms with Crippen molar-refractivity contribution in [1.29, 1.82) is 0 Å². The van der Waals surface area contributed by atoms with Crippen molar-refractivity contribution in [2.24, 2.45) is 0 Å². The maximum absolute atomic E-state index is 12.8. The van der Waals surface area contributed by atoms with Crippen molar-refractivity contribution in [2.45, 2.75) is 25.6 Å². The third kappa shape index (κ3) is 3.16. The normalized spacial score (nSPS) is 15.0. The van der Waals surface area contributed by atoms with Crippen LogP contribution in [0.15, 0.2) is 18.2 Å². The number of hydrogen-bond acceptors (Lipinski definition) is 2. The van der Waals surface area contributed by atoms with Gasteiger partial charge in [-0.1, -0.05) is 6.07 Å².